The molecule has 0 atom stereocenters. The van der Waals surface area contributed by atoms with Gasteiger partial charge in [-0.05, 0) is 36.6 Å². The van der Waals surface area contributed by atoms with Gasteiger partial charge in [-0.15, -0.1) is 22.7 Å². The van der Waals surface area contributed by atoms with Gasteiger partial charge in [0.05, 0.1) is 32.9 Å². The predicted octanol–water partition coefficient (Wildman–Crippen LogP) is 3.78. The number of hydrogen-bond donors (Lipinski definition) is 0. The van der Waals surface area contributed by atoms with Gasteiger partial charge in [-0.3, -0.25) is 4.79 Å². The van der Waals surface area contributed by atoms with E-state index in [0.717, 1.165) is 19.7 Å². The summed E-state index contributed by atoms with van der Waals surface area (Å²) < 4.78 is 33.4. The number of sulfonamides is 1. The van der Waals surface area contributed by atoms with Gasteiger partial charge in [-0.25, -0.2) is 22.7 Å². The Balaban J connectivity index is 1.48. The van der Waals surface area contributed by atoms with Crippen molar-refractivity contribution in [3.05, 3.63) is 52.6 Å². The first kappa shape index (κ1) is 22.6. The first-order valence-corrected chi connectivity index (χ1v) is 13.0. The summed E-state index contributed by atoms with van der Waals surface area (Å²) in [5.41, 5.74) is 2.00. The highest BCUT2D eigenvalue weighted by Gasteiger charge is 2.20. The van der Waals surface area contributed by atoms with Crippen molar-refractivity contribution >= 4 is 49.7 Å². The number of aryl methyl sites for hydroxylation is 1. The molecular weight excluding hydrogens is 468 g/mol. The minimum Gasteiger partial charge on any atom is -0.457 e. The summed E-state index contributed by atoms with van der Waals surface area (Å²) in [6.45, 7) is 2.57. The molecule has 3 heterocycles. The molecule has 0 amide bonds. The molecule has 0 aliphatic heterocycles. The summed E-state index contributed by atoms with van der Waals surface area (Å²) in [6, 6.07) is 8.80. The van der Waals surface area contributed by atoms with Gasteiger partial charge in [-0.2, -0.15) is 0 Å². The van der Waals surface area contributed by atoms with Crippen molar-refractivity contribution in [3.8, 4) is 9.88 Å². The molecule has 0 saturated heterocycles. The lowest BCUT2D eigenvalue weighted by Gasteiger charge is -2.11. The molecule has 3 aromatic heterocycles. The first-order chi connectivity index (χ1) is 15.3. The smallest absolute Gasteiger partial charge is 0.312 e. The SMILES string of the molecule is CCn1c(COC(=O)Cc2csc(-c3cccs3)n2)nc2cc(S(=O)(=O)N(C)C)ccc21. The summed E-state index contributed by atoms with van der Waals surface area (Å²) in [5, 5.41) is 4.74. The fourth-order valence-corrected chi connectivity index (χ4v) is 5.80. The quantitative estimate of drug-likeness (QED) is 0.349. The van der Waals surface area contributed by atoms with Gasteiger partial charge in [-0.1, -0.05) is 6.07 Å². The average molecular weight is 491 g/mol. The van der Waals surface area contributed by atoms with Crippen molar-refractivity contribution in [2.75, 3.05) is 14.1 Å². The van der Waals surface area contributed by atoms with Crippen LogP contribution in [-0.4, -0.2) is 47.3 Å². The lowest BCUT2D eigenvalue weighted by molar-refractivity contribution is -0.144. The second kappa shape index (κ2) is 9.10. The van der Waals surface area contributed by atoms with Gasteiger partial charge < -0.3 is 9.30 Å². The van der Waals surface area contributed by atoms with Crippen LogP contribution in [-0.2, 0) is 39.1 Å². The molecule has 4 rings (SSSR count). The number of benzene rings is 1. The van der Waals surface area contributed by atoms with Gasteiger partial charge in [0, 0.05) is 26.0 Å². The fourth-order valence-electron chi connectivity index (χ4n) is 3.24. The molecule has 168 valence electrons. The van der Waals surface area contributed by atoms with Crippen LogP contribution in [0, 0.1) is 0 Å². The van der Waals surface area contributed by atoms with Crippen molar-refractivity contribution in [1.82, 2.24) is 18.8 Å². The molecule has 0 fully saturated rings. The number of thiophene rings is 1. The zero-order chi connectivity index (χ0) is 22.9. The van der Waals surface area contributed by atoms with Crippen LogP contribution in [0.25, 0.3) is 20.9 Å². The Kier molecular flexibility index (Phi) is 6.42. The van der Waals surface area contributed by atoms with E-state index in [2.05, 4.69) is 9.97 Å². The van der Waals surface area contributed by atoms with Crippen LogP contribution >= 0.6 is 22.7 Å². The Hall–Kier alpha value is -2.60. The molecule has 0 N–H and O–H groups in total. The van der Waals surface area contributed by atoms with Crippen LogP contribution in [0.3, 0.4) is 0 Å². The number of thiazole rings is 1. The van der Waals surface area contributed by atoms with E-state index < -0.39 is 16.0 Å². The van der Waals surface area contributed by atoms with Crippen molar-refractivity contribution in [3.63, 3.8) is 0 Å². The largest absolute Gasteiger partial charge is 0.457 e. The van der Waals surface area contributed by atoms with Gasteiger partial charge in [0.25, 0.3) is 0 Å². The zero-order valence-electron chi connectivity index (χ0n) is 17.8. The highest BCUT2D eigenvalue weighted by Crippen LogP contribution is 2.28. The highest BCUT2D eigenvalue weighted by molar-refractivity contribution is 7.89. The molecule has 1 aromatic carbocycles. The number of imidazole rings is 1. The van der Waals surface area contributed by atoms with Gasteiger partial charge in [0.15, 0.2) is 0 Å². The van der Waals surface area contributed by atoms with E-state index in [1.807, 2.05) is 34.4 Å². The van der Waals surface area contributed by atoms with Crippen LogP contribution in [0.5, 0.6) is 0 Å². The molecule has 0 aliphatic carbocycles. The molecule has 4 aromatic rings. The zero-order valence-corrected chi connectivity index (χ0v) is 20.3. The number of carbonyl (C=O) groups is 1. The van der Waals surface area contributed by atoms with Crippen LogP contribution in [0.1, 0.15) is 18.4 Å². The first-order valence-electron chi connectivity index (χ1n) is 9.85. The third kappa shape index (κ3) is 4.46. The second-order valence-corrected chi connectivity index (χ2v) is 11.1. The van der Waals surface area contributed by atoms with Crippen molar-refractivity contribution < 1.29 is 17.9 Å². The normalized spacial score (nSPS) is 12.0. The number of aromatic nitrogens is 3. The molecule has 0 radical (unpaired) electrons. The Labute approximate surface area is 194 Å². The maximum atomic E-state index is 12.4. The van der Waals surface area contributed by atoms with Gasteiger partial charge in [0.1, 0.15) is 17.4 Å². The molecule has 8 nitrogen and oxygen atoms in total. The number of rotatable bonds is 8. The Morgan fingerprint density at radius 2 is 2.00 bits per heavy atom. The van der Waals surface area contributed by atoms with E-state index in [4.69, 9.17) is 4.74 Å². The van der Waals surface area contributed by atoms with Crippen molar-refractivity contribution in [2.45, 2.75) is 31.4 Å². The fraction of sp³-hybridized carbons (Fsp3) is 0.286. The number of nitrogens with zero attached hydrogens (tertiary/aromatic N) is 4. The number of ether oxygens (including phenoxy) is 1. The number of esters is 1. The highest BCUT2D eigenvalue weighted by atomic mass is 32.2. The molecule has 0 aliphatic rings. The molecule has 11 heteroatoms. The van der Waals surface area contributed by atoms with Crippen LogP contribution in [0.15, 0.2) is 46.0 Å². The minimum atomic E-state index is -3.56. The van der Waals surface area contributed by atoms with E-state index in [-0.39, 0.29) is 17.9 Å². The molecule has 0 bridgehead atoms. The van der Waals surface area contributed by atoms with Crippen LogP contribution in [0.2, 0.25) is 0 Å². The summed E-state index contributed by atoms with van der Waals surface area (Å²) in [6.07, 6.45) is 0.0828. The predicted molar refractivity (Wildman–Crippen MR) is 125 cm³/mol. The maximum absolute atomic E-state index is 12.4. The van der Waals surface area contributed by atoms with Crippen molar-refractivity contribution in [1.29, 1.82) is 0 Å². The summed E-state index contributed by atoms with van der Waals surface area (Å²) in [7, 11) is -0.586. The molecular formula is C21H22N4O4S3. The van der Waals surface area contributed by atoms with Gasteiger partial charge >= 0.3 is 5.97 Å². The summed E-state index contributed by atoms with van der Waals surface area (Å²) >= 11 is 3.11. The lowest BCUT2D eigenvalue weighted by Crippen LogP contribution is -2.22. The van der Waals surface area contributed by atoms with E-state index in [1.54, 1.807) is 29.5 Å². The van der Waals surface area contributed by atoms with E-state index >= 15 is 0 Å². The summed E-state index contributed by atoms with van der Waals surface area (Å²) in [4.78, 5) is 22.7. The minimum absolute atomic E-state index is 0.000956. The molecule has 0 saturated carbocycles. The number of carbonyl (C=O) groups excluding carboxylic acids is 1. The monoisotopic (exact) mass is 490 g/mol. The van der Waals surface area contributed by atoms with Crippen LogP contribution in [0.4, 0.5) is 0 Å². The molecule has 0 unspecified atom stereocenters. The topological polar surface area (TPSA) is 94.4 Å². The molecule has 0 spiro atoms. The van der Waals surface area contributed by atoms with Crippen molar-refractivity contribution in [2.24, 2.45) is 0 Å². The van der Waals surface area contributed by atoms with E-state index in [9.17, 15) is 13.2 Å². The van der Waals surface area contributed by atoms with E-state index in [1.165, 1.54) is 25.4 Å². The Bertz CT molecular complexity index is 1360. The number of hydrogen-bond acceptors (Lipinski definition) is 8. The third-order valence-electron chi connectivity index (χ3n) is 4.86. The Morgan fingerprint density at radius 1 is 1.19 bits per heavy atom. The number of fused-ring (bicyclic) bond motifs is 1. The third-order valence-corrected chi connectivity index (χ3v) is 8.61. The summed E-state index contributed by atoms with van der Waals surface area (Å²) in [5.74, 6) is 0.173. The molecule has 32 heavy (non-hydrogen) atoms. The Morgan fingerprint density at radius 3 is 2.69 bits per heavy atom. The van der Waals surface area contributed by atoms with Gasteiger partial charge in [0.2, 0.25) is 10.0 Å². The van der Waals surface area contributed by atoms with E-state index in [0.29, 0.717) is 23.6 Å². The average Bonchev–Trinajstić information content (AvgIpc) is 3.50. The van der Waals surface area contributed by atoms with Crippen LogP contribution < -0.4 is 0 Å². The lowest BCUT2D eigenvalue weighted by atomic mass is 10.3. The second-order valence-electron chi connectivity index (χ2n) is 7.17. The maximum Gasteiger partial charge on any atom is 0.312 e. The standard InChI is InChI=1S/C21H22N4O4S3/c1-4-25-17-8-7-15(32(27,28)24(2)3)11-16(17)23-19(25)12-29-20(26)10-14-13-31-21(22-14)18-6-5-9-30-18/h5-9,11,13H,4,10,12H2,1-3H3.